The molecule has 0 amide bonds. The molecule has 0 bridgehead atoms. The molecule has 8 nitrogen and oxygen atoms in total. The number of nitrogens with zero attached hydrogens (tertiary/aromatic N) is 5. The Morgan fingerprint density at radius 3 is 2.74 bits per heavy atom. The summed E-state index contributed by atoms with van der Waals surface area (Å²) in [7, 11) is 0. The second-order valence-corrected chi connectivity index (χ2v) is 9.39. The molecule has 10 heteroatoms. The van der Waals surface area contributed by atoms with Crippen LogP contribution in [0.3, 0.4) is 0 Å². The molecule has 0 radical (unpaired) electrons. The Kier molecular flexibility index (Phi) is 5.77. The number of hydrogen-bond donors (Lipinski definition) is 0. The summed E-state index contributed by atoms with van der Waals surface area (Å²) in [6.07, 6.45) is 6.20. The number of rotatable bonds is 7. The molecule has 158 valence electrons. The molecule has 1 fully saturated rings. The first-order chi connectivity index (χ1) is 15.2. The minimum atomic E-state index is -0.921. The van der Waals surface area contributed by atoms with Crippen molar-refractivity contribution in [1.82, 2.24) is 24.7 Å². The van der Waals surface area contributed by atoms with Gasteiger partial charge in [-0.3, -0.25) is 0 Å². The van der Waals surface area contributed by atoms with Gasteiger partial charge in [0.2, 0.25) is 5.79 Å². The SMILES string of the molecule is Brc1ccc(C2(Cn3cncn3)OCC(COc3ccc(-c4ccncn4)cc3)O2)s1. The number of halogens is 1. The maximum atomic E-state index is 6.37. The van der Waals surface area contributed by atoms with Crippen molar-refractivity contribution in [2.45, 2.75) is 18.4 Å². The van der Waals surface area contributed by atoms with Crippen molar-refractivity contribution in [3.8, 4) is 17.0 Å². The van der Waals surface area contributed by atoms with Crippen LogP contribution in [0, 0.1) is 0 Å². The van der Waals surface area contributed by atoms with Gasteiger partial charge in [0.25, 0.3) is 0 Å². The molecule has 3 aromatic heterocycles. The summed E-state index contributed by atoms with van der Waals surface area (Å²) in [5, 5.41) is 4.21. The molecule has 2 atom stereocenters. The van der Waals surface area contributed by atoms with Gasteiger partial charge in [0.1, 0.15) is 44.0 Å². The van der Waals surface area contributed by atoms with Gasteiger partial charge < -0.3 is 14.2 Å². The Balaban J connectivity index is 1.25. The first kappa shape index (κ1) is 20.3. The predicted molar refractivity (Wildman–Crippen MR) is 118 cm³/mol. The average Bonchev–Trinajstić information content (AvgIpc) is 3.56. The lowest BCUT2D eigenvalue weighted by atomic mass is 10.1. The second kappa shape index (κ2) is 8.83. The van der Waals surface area contributed by atoms with E-state index in [1.165, 1.54) is 12.7 Å². The molecule has 1 aliphatic rings. The van der Waals surface area contributed by atoms with Crippen LogP contribution in [0.1, 0.15) is 4.88 Å². The van der Waals surface area contributed by atoms with Gasteiger partial charge in [0.15, 0.2) is 0 Å². The Labute approximate surface area is 191 Å². The van der Waals surface area contributed by atoms with Crippen molar-refractivity contribution >= 4 is 27.3 Å². The number of aromatic nitrogens is 5. The zero-order valence-electron chi connectivity index (χ0n) is 16.3. The minimum Gasteiger partial charge on any atom is -0.491 e. The Morgan fingerprint density at radius 2 is 2.03 bits per heavy atom. The summed E-state index contributed by atoms with van der Waals surface area (Å²) >= 11 is 5.10. The van der Waals surface area contributed by atoms with Crippen LogP contribution in [0.4, 0.5) is 0 Å². The number of hydrogen-bond acceptors (Lipinski definition) is 8. The normalized spacial score (nSPS) is 20.7. The molecule has 0 spiro atoms. The molecule has 0 N–H and O–H groups in total. The van der Waals surface area contributed by atoms with E-state index in [1.807, 2.05) is 42.5 Å². The molecule has 1 aromatic carbocycles. The van der Waals surface area contributed by atoms with E-state index in [0.29, 0.717) is 19.8 Å². The highest BCUT2D eigenvalue weighted by molar-refractivity contribution is 9.11. The quantitative estimate of drug-likeness (QED) is 0.381. The highest BCUT2D eigenvalue weighted by atomic mass is 79.9. The van der Waals surface area contributed by atoms with Crippen LogP contribution in [0.25, 0.3) is 11.3 Å². The minimum absolute atomic E-state index is 0.217. The molecular formula is C21H18BrN5O3S. The van der Waals surface area contributed by atoms with Crippen LogP contribution < -0.4 is 4.74 Å². The fourth-order valence-electron chi connectivity index (χ4n) is 3.36. The highest BCUT2D eigenvalue weighted by Crippen LogP contribution is 2.41. The molecule has 0 aliphatic carbocycles. The third-order valence-corrected chi connectivity index (χ3v) is 6.56. The third-order valence-electron chi connectivity index (χ3n) is 4.81. The fourth-order valence-corrected chi connectivity index (χ4v) is 4.82. The molecule has 31 heavy (non-hydrogen) atoms. The summed E-state index contributed by atoms with van der Waals surface area (Å²) < 4.78 is 21.2. The van der Waals surface area contributed by atoms with Crippen molar-refractivity contribution in [2.75, 3.05) is 13.2 Å². The van der Waals surface area contributed by atoms with E-state index >= 15 is 0 Å². The van der Waals surface area contributed by atoms with Crippen LogP contribution in [0.2, 0.25) is 0 Å². The molecule has 2 unspecified atom stereocenters. The molecule has 1 saturated heterocycles. The first-order valence-corrected chi connectivity index (χ1v) is 11.2. The Bertz CT molecular complexity index is 1120. The van der Waals surface area contributed by atoms with E-state index in [0.717, 1.165) is 25.7 Å². The van der Waals surface area contributed by atoms with E-state index in [9.17, 15) is 0 Å². The van der Waals surface area contributed by atoms with Gasteiger partial charge in [-0.05, 0) is 58.4 Å². The van der Waals surface area contributed by atoms with Crippen molar-refractivity contribution in [3.63, 3.8) is 0 Å². The van der Waals surface area contributed by atoms with Crippen molar-refractivity contribution in [1.29, 1.82) is 0 Å². The third kappa shape index (κ3) is 4.52. The number of ether oxygens (including phenoxy) is 3. The maximum Gasteiger partial charge on any atom is 0.225 e. The largest absolute Gasteiger partial charge is 0.491 e. The lowest BCUT2D eigenvalue weighted by Crippen LogP contribution is -2.33. The van der Waals surface area contributed by atoms with Crippen molar-refractivity contribution in [2.24, 2.45) is 0 Å². The summed E-state index contributed by atoms with van der Waals surface area (Å²) in [6.45, 7) is 1.20. The maximum absolute atomic E-state index is 6.37. The number of benzene rings is 1. The van der Waals surface area contributed by atoms with E-state index in [4.69, 9.17) is 14.2 Å². The Morgan fingerprint density at radius 1 is 1.13 bits per heavy atom. The van der Waals surface area contributed by atoms with Crippen molar-refractivity contribution in [3.05, 3.63) is 76.3 Å². The second-order valence-electron chi connectivity index (χ2n) is 6.93. The van der Waals surface area contributed by atoms with Gasteiger partial charge >= 0.3 is 0 Å². The zero-order chi connectivity index (χ0) is 21.1. The van der Waals surface area contributed by atoms with Gasteiger partial charge in [-0.1, -0.05) is 0 Å². The summed E-state index contributed by atoms with van der Waals surface area (Å²) in [4.78, 5) is 13.2. The van der Waals surface area contributed by atoms with Crippen molar-refractivity contribution < 1.29 is 14.2 Å². The molecule has 4 heterocycles. The monoisotopic (exact) mass is 499 g/mol. The Hall–Kier alpha value is -2.66. The lowest BCUT2D eigenvalue weighted by Gasteiger charge is -2.26. The van der Waals surface area contributed by atoms with Crippen LogP contribution in [-0.4, -0.2) is 44.1 Å². The molecule has 5 rings (SSSR count). The van der Waals surface area contributed by atoms with Gasteiger partial charge in [0.05, 0.1) is 21.0 Å². The first-order valence-electron chi connectivity index (χ1n) is 9.59. The van der Waals surface area contributed by atoms with Crippen LogP contribution in [-0.2, 0) is 21.8 Å². The zero-order valence-corrected chi connectivity index (χ0v) is 18.7. The van der Waals surface area contributed by atoms with Crippen LogP contribution >= 0.6 is 27.3 Å². The molecule has 0 saturated carbocycles. The summed E-state index contributed by atoms with van der Waals surface area (Å²) in [5.74, 6) is -0.163. The summed E-state index contributed by atoms with van der Waals surface area (Å²) in [6, 6.07) is 13.7. The molecule has 4 aromatic rings. The van der Waals surface area contributed by atoms with E-state index < -0.39 is 5.79 Å². The van der Waals surface area contributed by atoms with E-state index in [2.05, 4.69) is 36.0 Å². The van der Waals surface area contributed by atoms with Gasteiger partial charge in [-0.15, -0.1) is 11.3 Å². The van der Waals surface area contributed by atoms with Gasteiger partial charge in [-0.25, -0.2) is 19.6 Å². The van der Waals surface area contributed by atoms with Crippen LogP contribution in [0.15, 0.2) is 71.4 Å². The molecule has 1 aliphatic heterocycles. The average molecular weight is 500 g/mol. The van der Waals surface area contributed by atoms with E-state index in [1.54, 1.807) is 28.5 Å². The van der Waals surface area contributed by atoms with Gasteiger partial charge in [-0.2, -0.15) is 5.10 Å². The lowest BCUT2D eigenvalue weighted by molar-refractivity contribution is -0.188. The highest BCUT2D eigenvalue weighted by Gasteiger charge is 2.45. The standard InChI is InChI=1S/C21H18BrN5O3S/c22-20-6-5-19(31-20)21(11-27-14-24-13-26-27)29-10-17(30-21)9-28-16-3-1-15(2-4-16)18-7-8-23-12-25-18/h1-8,12-14,17H,9-11H2. The smallest absolute Gasteiger partial charge is 0.225 e. The number of thiophene rings is 1. The molecular weight excluding hydrogens is 482 g/mol. The van der Waals surface area contributed by atoms with E-state index in [-0.39, 0.29) is 6.10 Å². The van der Waals surface area contributed by atoms with Crippen LogP contribution in [0.5, 0.6) is 5.75 Å². The fraction of sp³-hybridized carbons (Fsp3) is 0.238. The summed E-state index contributed by atoms with van der Waals surface area (Å²) in [5.41, 5.74) is 1.87. The predicted octanol–water partition coefficient (Wildman–Crippen LogP) is 3.91. The topological polar surface area (TPSA) is 84.2 Å². The van der Waals surface area contributed by atoms with Gasteiger partial charge in [0, 0.05) is 11.8 Å².